The van der Waals surface area contributed by atoms with E-state index in [1.807, 2.05) is 0 Å². The quantitative estimate of drug-likeness (QED) is 0.738. The molecule has 1 heterocycles. The van der Waals surface area contributed by atoms with Gasteiger partial charge in [0.15, 0.2) is 0 Å². The van der Waals surface area contributed by atoms with Crippen molar-refractivity contribution in [1.82, 2.24) is 9.97 Å². The second kappa shape index (κ2) is 5.80. The zero-order chi connectivity index (χ0) is 11.2. The number of aryl methyl sites for hydroxylation is 1. The van der Waals surface area contributed by atoms with Crippen LogP contribution in [0, 0.1) is 0 Å². The van der Waals surface area contributed by atoms with Crippen LogP contribution in [0.3, 0.4) is 0 Å². The van der Waals surface area contributed by atoms with Crippen LogP contribution in [0.15, 0.2) is 6.33 Å². The Hall–Kier alpha value is -1.16. The number of anilines is 1. The van der Waals surface area contributed by atoms with Crippen molar-refractivity contribution in [1.29, 1.82) is 0 Å². The van der Waals surface area contributed by atoms with Crippen molar-refractivity contribution in [3.8, 4) is 0 Å². The maximum atomic E-state index is 5.47. The number of nitrogens with two attached hydrogens (primary N) is 1. The molecular formula is C12H20N4. The van der Waals surface area contributed by atoms with E-state index in [0.717, 1.165) is 44.6 Å². The first-order valence-corrected chi connectivity index (χ1v) is 6.18. The molecule has 0 spiro atoms. The lowest BCUT2D eigenvalue weighted by molar-refractivity contribution is 0.662. The van der Waals surface area contributed by atoms with E-state index in [4.69, 9.17) is 5.73 Å². The molecule has 2 rings (SSSR count). The van der Waals surface area contributed by atoms with Gasteiger partial charge in [0.25, 0.3) is 0 Å². The van der Waals surface area contributed by atoms with Crippen molar-refractivity contribution >= 4 is 5.82 Å². The van der Waals surface area contributed by atoms with Crippen LogP contribution in [0.5, 0.6) is 0 Å². The first-order chi connectivity index (χ1) is 7.92. The molecule has 0 saturated heterocycles. The van der Waals surface area contributed by atoms with E-state index < -0.39 is 0 Å². The molecule has 0 fully saturated rings. The van der Waals surface area contributed by atoms with Crippen molar-refractivity contribution < 1.29 is 0 Å². The van der Waals surface area contributed by atoms with Crippen LogP contribution in [-0.2, 0) is 12.8 Å². The highest BCUT2D eigenvalue weighted by Gasteiger charge is 2.14. The van der Waals surface area contributed by atoms with Crippen LogP contribution in [0.2, 0.25) is 0 Å². The fourth-order valence-corrected chi connectivity index (χ4v) is 2.15. The SMILES string of the molecule is NCCCCNc1ncnc2c1CCCC2. The van der Waals surface area contributed by atoms with Crippen molar-refractivity contribution in [3.63, 3.8) is 0 Å². The zero-order valence-corrected chi connectivity index (χ0v) is 9.71. The Balaban J connectivity index is 1.97. The highest BCUT2D eigenvalue weighted by molar-refractivity contribution is 5.46. The summed E-state index contributed by atoms with van der Waals surface area (Å²) < 4.78 is 0. The van der Waals surface area contributed by atoms with Gasteiger partial charge in [-0.25, -0.2) is 9.97 Å². The maximum Gasteiger partial charge on any atom is 0.132 e. The minimum Gasteiger partial charge on any atom is -0.370 e. The van der Waals surface area contributed by atoms with Gasteiger partial charge < -0.3 is 11.1 Å². The Morgan fingerprint density at radius 1 is 1.19 bits per heavy atom. The molecule has 0 saturated carbocycles. The van der Waals surface area contributed by atoms with E-state index in [0.29, 0.717) is 0 Å². The number of fused-ring (bicyclic) bond motifs is 1. The van der Waals surface area contributed by atoms with Gasteiger partial charge in [-0.15, -0.1) is 0 Å². The fraction of sp³-hybridized carbons (Fsp3) is 0.667. The van der Waals surface area contributed by atoms with Gasteiger partial charge in [-0.05, 0) is 45.1 Å². The zero-order valence-electron chi connectivity index (χ0n) is 9.71. The van der Waals surface area contributed by atoms with Crippen molar-refractivity contribution in [3.05, 3.63) is 17.6 Å². The van der Waals surface area contributed by atoms with Gasteiger partial charge in [-0.3, -0.25) is 0 Å². The van der Waals surface area contributed by atoms with E-state index in [2.05, 4.69) is 15.3 Å². The summed E-state index contributed by atoms with van der Waals surface area (Å²) in [5.74, 6) is 1.04. The molecule has 1 aromatic rings. The minimum atomic E-state index is 0.767. The number of hydrogen-bond donors (Lipinski definition) is 2. The summed E-state index contributed by atoms with van der Waals surface area (Å²) >= 11 is 0. The molecule has 1 aliphatic carbocycles. The van der Waals surface area contributed by atoms with Crippen molar-refractivity contribution in [2.75, 3.05) is 18.4 Å². The maximum absolute atomic E-state index is 5.47. The normalized spacial score (nSPS) is 14.6. The van der Waals surface area contributed by atoms with E-state index in [9.17, 15) is 0 Å². The van der Waals surface area contributed by atoms with Crippen molar-refractivity contribution in [2.24, 2.45) is 5.73 Å². The lowest BCUT2D eigenvalue weighted by Crippen LogP contribution is -2.13. The van der Waals surface area contributed by atoms with Gasteiger partial charge in [0, 0.05) is 17.8 Å². The standard InChI is InChI=1S/C12H20N4/c13-7-3-4-8-14-12-10-5-1-2-6-11(10)15-9-16-12/h9H,1-8,13H2,(H,14,15,16). The molecule has 88 valence electrons. The number of hydrogen-bond acceptors (Lipinski definition) is 4. The molecule has 0 aliphatic heterocycles. The Labute approximate surface area is 96.7 Å². The predicted octanol–water partition coefficient (Wildman–Crippen LogP) is 1.51. The number of rotatable bonds is 5. The molecule has 1 aromatic heterocycles. The fourth-order valence-electron chi connectivity index (χ4n) is 2.15. The molecule has 1 aliphatic rings. The molecule has 0 unspecified atom stereocenters. The Morgan fingerprint density at radius 2 is 2.06 bits per heavy atom. The lowest BCUT2D eigenvalue weighted by atomic mass is 9.96. The van der Waals surface area contributed by atoms with E-state index in [1.165, 1.54) is 24.1 Å². The third-order valence-corrected chi connectivity index (χ3v) is 3.05. The molecule has 16 heavy (non-hydrogen) atoms. The van der Waals surface area contributed by atoms with Gasteiger partial charge in [0.2, 0.25) is 0 Å². The lowest BCUT2D eigenvalue weighted by Gasteiger charge is -2.17. The average molecular weight is 220 g/mol. The molecular weight excluding hydrogens is 200 g/mol. The van der Waals surface area contributed by atoms with Gasteiger partial charge >= 0.3 is 0 Å². The smallest absolute Gasteiger partial charge is 0.132 e. The van der Waals surface area contributed by atoms with Crippen LogP contribution in [-0.4, -0.2) is 23.1 Å². The van der Waals surface area contributed by atoms with Gasteiger partial charge in [-0.1, -0.05) is 0 Å². The highest BCUT2D eigenvalue weighted by atomic mass is 15.0. The highest BCUT2D eigenvalue weighted by Crippen LogP contribution is 2.24. The number of nitrogens with one attached hydrogen (secondary N) is 1. The first-order valence-electron chi connectivity index (χ1n) is 6.18. The summed E-state index contributed by atoms with van der Waals surface area (Å²) in [5.41, 5.74) is 8.04. The summed E-state index contributed by atoms with van der Waals surface area (Å²) in [6.07, 6.45) is 8.60. The van der Waals surface area contributed by atoms with Crippen LogP contribution in [0.25, 0.3) is 0 Å². The molecule has 0 amide bonds. The Morgan fingerprint density at radius 3 is 2.94 bits per heavy atom. The molecule has 3 N–H and O–H groups in total. The van der Waals surface area contributed by atoms with Crippen LogP contribution in [0.4, 0.5) is 5.82 Å². The second-order valence-electron chi connectivity index (χ2n) is 4.28. The van der Waals surface area contributed by atoms with Crippen LogP contribution in [0.1, 0.15) is 36.9 Å². The van der Waals surface area contributed by atoms with Crippen LogP contribution < -0.4 is 11.1 Å². The number of aromatic nitrogens is 2. The molecule has 4 heteroatoms. The molecule has 0 atom stereocenters. The third-order valence-electron chi connectivity index (χ3n) is 3.05. The van der Waals surface area contributed by atoms with Crippen LogP contribution >= 0.6 is 0 Å². The summed E-state index contributed by atoms with van der Waals surface area (Å²) in [6, 6.07) is 0. The topological polar surface area (TPSA) is 63.8 Å². The first kappa shape index (κ1) is 11.3. The molecule has 0 bridgehead atoms. The minimum absolute atomic E-state index is 0.767. The van der Waals surface area contributed by atoms with Gasteiger partial charge in [-0.2, -0.15) is 0 Å². The predicted molar refractivity (Wildman–Crippen MR) is 65.5 cm³/mol. The summed E-state index contributed by atoms with van der Waals surface area (Å²) in [4.78, 5) is 8.69. The number of unbranched alkanes of at least 4 members (excludes halogenated alkanes) is 1. The van der Waals surface area contributed by atoms with Crippen molar-refractivity contribution in [2.45, 2.75) is 38.5 Å². The summed E-state index contributed by atoms with van der Waals surface area (Å²) in [7, 11) is 0. The van der Waals surface area contributed by atoms with E-state index in [-0.39, 0.29) is 0 Å². The second-order valence-corrected chi connectivity index (χ2v) is 4.28. The van der Waals surface area contributed by atoms with E-state index in [1.54, 1.807) is 6.33 Å². The Bertz CT molecular complexity index is 338. The molecule has 0 aromatic carbocycles. The monoisotopic (exact) mass is 220 g/mol. The summed E-state index contributed by atoms with van der Waals surface area (Å²) in [6.45, 7) is 1.73. The number of nitrogens with zero attached hydrogens (tertiary/aromatic N) is 2. The van der Waals surface area contributed by atoms with Gasteiger partial charge in [0.05, 0.1) is 0 Å². The molecule has 4 nitrogen and oxygen atoms in total. The Kier molecular flexibility index (Phi) is 4.10. The van der Waals surface area contributed by atoms with E-state index >= 15 is 0 Å². The molecule has 0 radical (unpaired) electrons. The third kappa shape index (κ3) is 2.70. The van der Waals surface area contributed by atoms with Gasteiger partial charge in [0.1, 0.15) is 12.1 Å². The average Bonchev–Trinajstić information content (AvgIpc) is 2.35. The largest absolute Gasteiger partial charge is 0.370 e. The summed E-state index contributed by atoms with van der Waals surface area (Å²) in [5, 5.41) is 3.40.